The lowest BCUT2D eigenvalue weighted by molar-refractivity contribution is 0.383. The zero-order valence-corrected chi connectivity index (χ0v) is 15.1. The minimum Gasteiger partial charge on any atom is -0.310 e. The van der Waals surface area contributed by atoms with Gasteiger partial charge in [0.25, 0.3) is 0 Å². The highest BCUT2D eigenvalue weighted by molar-refractivity contribution is 9.10. The van der Waals surface area contributed by atoms with Crippen LogP contribution in [0, 0.1) is 6.92 Å². The van der Waals surface area contributed by atoms with Crippen molar-refractivity contribution in [3.8, 4) is 0 Å². The van der Waals surface area contributed by atoms with Crippen molar-refractivity contribution in [1.29, 1.82) is 0 Å². The van der Waals surface area contributed by atoms with Crippen molar-refractivity contribution in [3.05, 3.63) is 28.2 Å². The van der Waals surface area contributed by atoms with Gasteiger partial charge in [0.2, 0.25) is 10.0 Å². The first-order valence-electron chi connectivity index (χ1n) is 6.99. The van der Waals surface area contributed by atoms with Crippen molar-refractivity contribution in [2.45, 2.75) is 43.2 Å². The molecule has 4 nitrogen and oxygen atoms in total. The monoisotopic (exact) mass is 394 g/mol. The molecule has 0 amide bonds. The van der Waals surface area contributed by atoms with E-state index in [0.717, 1.165) is 18.4 Å². The predicted octanol–water partition coefficient (Wildman–Crippen LogP) is 2.69. The maximum atomic E-state index is 12.9. The highest BCUT2D eigenvalue weighted by atomic mass is 79.9. The molecule has 2 aliphatic rings. The van der Waals surface area contributed by atoms with Crippen LogP contribution in [0.5, 0.6) is 0 Å². The van der Waals surface area contributed by atoms with E-state index in [0.29, 0.717) is 34.5 Å². The van der Waals surface area contributed by atoms with Crippen molar-refractivity contribution in [2.75, 3.05) is 13.1 Å². The van der Waals surface area contributed by atoms with Gasteiger partial charge in [0.05, 0.1) is 4.90 Å². The van der Waals surface area contributed by atoms with Crippen LogP contribution in [0.25, 0.3) is 0 Å². The first-order valence-corrected chi connectivity index (χ1v) is 9.22. The summed E-state index contributed by atoms with van der Waals surface area (Å²) in [5.41, 5.74) is 0.959. The summed E-state index contributed by atoms with van der Waals surface area (Å²) in [5.74, 6) is 0. The second-order valence-corrected chi connectivity index (χ2v) is 8.48. The average Bonchev–Trinajstić information content (AvgIpc) is 2.71. The number of sulfonamides is 1. The Morgan fingerprint density at radius 1 is 1.24 bits per heavy atom. The Labute approximate surface area is 140 Å². The Morgan fingerprint density at radius 3 is 2.71 bits per heavy atom. The highest BCUT2D eigenvalue weighted by Gasteiger charge is 2.35. The molecule has 1 N–H and O–H groups in total. The highest BCUT2D eigenvalue weighted by Crippen LogP contribution is 2.29. The summed E-state index contributed by atoms with van der Waals surface area (Å²) < 4.78 is 28.0. The second kappa shape index (κ2) is 6.54. The number of nitrogens with zero attached hydrogens (tertiary/aromatic N) is 1. The number of hydrogen-bond acceptors (Lipinski definition) is 3. The molecule has 2 bridgehead atoms. The van der Waals surface area contributed by atoms with Crippen LogP contribution in [0.2, 0.25) is 0 Å². The van der Waals surface area contributed by atoms with Crippen LogP contribution in [0.4, 0.5) is 0 Å². The minimum atomic E-state index is -3.41. The lowest BCUT2D eigenvalue weighted by Crippen LogP contribution is -2.39. The molecular formula is C14H20BrClN2O2S. The maximum absolute atomic E-state index is 12.9. The van der Waals surface area contributed by atoms with Crippen molar-refractivity contribution < 1.29 is 8.42 Å². The summed E-state index contributed by atoms with van der Waals surface area (Å²) in [6.45, 7) is 3.10. The zero-order chi connectivity index (χ0) is 14.3. The molecule has 0 radical (unpaired) electrons. The van der Waals surface area contributed by atoms with E-state index < -0.39 is 10.0 Å². The molecule has 0 aromatic heterocycles. The maximum Gasteiger partial charge on any atom is 0.244 e. The van der Waals surface area contributed by atoms with E-state index in [1.807, 2.05) is 19.1 Å². The van der Waals surface area contributed by atoms with E-state index in [-0.39, 0.29) is 12.4 Å². The number of halogens is 2. The van der Waals surface area contributed by atoms with Gasteiger partial charge in [0.1, 0.15) is 0 Å². The number of hydrogen-bond donors (Lipinski definition) is 1. The van der Waals surface area contributed by atoms with Crippen LogP contribution < -0.4 is 5.32 Å². The summed E-state index contributed by atoms with van der Waals surface area (Å²) in [5, 5.41) is 3.51. The molecular weight excluding hydrogens is 376 g/mol. The van der Waals surface area contributed by atoms with Crippen molar-refractivity contribution in [1.82, 2.24) is 9.62 Å². The van der Waals surface area contributed by atoms with Gasteiger partial charge in [-0.05, 0) is 59.8 Å². The molecule has 2 heterocycles. The van der Waals surface area contributed by atoms with Gasteiger partial charge in [0.15, 0.2) is 0 Å². The summed E-state index contributed by atoms with van der Waals surface area (Å²) in [6.07, 6.45) is 3.15. The smallest absolute Gasteiger partial charge is 0.244 e. The molecule has 0 aliphatic carbocycles. The molecule has 2 atom stereocenters. The Bertz CT molecular complexity index is 623. The molecule has 2 unspecified atom stereocenters. The Hall–Kier alpha value is -0.140. The predicted molar refractivity (Wildman–Crippen MR) is 89.4 cm³/mol. The molecule has 2 fully saturated rings. The quantitative estimate of drug-likeness (QED) is 0.837. The molecule has 0 spiro atoms. The fourth-order valence-electron chi connectivity index (χ4n) is 3.08. The van der Waals surface area contributed by atoms with E-state index in [2.05, 4.69) is 21.2 Å². The number of aryl methyl sites for hydroxylation is 1. The number of nitrogens with one attached hydrogen (secondary N) is 1. The number of rotatable bonds is 2. The van der Waals surface area contributed by atoms with E-state index >= 15 is 0 Å². The summed E-state index contributed by atoms with van der Waals surface area (Å²) in [4.78, 5) is 0.385. The molecule has 1 aromatic rings. The Balaban J connectivity index is 0.00000161. The minimum absolute atomic E-state index is 0. The third kappa shape index (κ3) is 3.45. The van der Waals surface area contributed by atoms with Crippen molar-refractivity contribution >= 4 is 38.4 Å². The molecule has 7 heteroatoms. The number of benzene rings is 1. The Kier molecular flexibility index (Phi) is 5.36. The molecule has 0 saturated carbocycles. The first kappa shape index (κ1) is 17.2. The van der Waals surface area contributed by atoms with Gasteiger partial charge < -0.3 is 5.32 Å². The van der Waals surface area contributed by atoms with Gasteiger partial charge >= 0.3 is 0 Å². The molecule has 2 saturated heterocycles. The van der Waals surface area contributed by atoms with E-state index in [1.54, 1.807) is 10.4 Å². The van der Waals surface area contributed by atoms with Crippen molar-refractivity contribution in [3.63, 3.8) is 0 Å². The normalized spacial score (nSPS) is 26.2. The first-order chi connectivity index (χ1) is 9.46. The van der Waals surface area contributed by atoms with Gasteiger partial charge in [-0.3, -0.25) is 0 Å². The van der Waals surface area contributed by atoms with Crippen LogP contribution in [0.3, 0.4) is 0 Å². The van der Waals surface area contributed by atoms with Gasteiger partial charge in [0, 0.05) is 29.6 Å². The van der Waals surface area contributed by atoms with Crippen molar-refractivity contribution in [2.24, 2.45) is 0 Å². The molecule has 3 rings (SSSR count). The Morgan fingerprint density at radius 2 is 1.95 bits per heavy atom. The third-order valence-corrected chi connectivity index (χ3v) is 7.05. The summed E-state index contributed by atoms with van der Waals surface area (Å²) in [6, 6.07) is 6.26. The van der Waals surface area contributed by atoms with Gasteiger partial charge in [-0.25, -0.2) is 8.42 Å². The van der Waals surface area contributed by atoms with Crippen LogP contribution in [-0.2, 0) is 10.0 Å². The van der Waals surface area contributed by atoms with E-state index in [9.17, 15) is 8.42 Å². The van der Waals surface area contributed by atoms with Gasteiger partial charge in [-0.15, -0.1) is 12.4 Å². The topological polar surface area (TPSA) is 49.4 Å². The fraction of sp³-hybridized carbons (Fsp3) is 0.571. The molecule has 2 aliphatic heterocycles. The second-order valence-electron chi connectivity index (χ2n) is 5.72. The van der Waals surface area contributed by atoms with Gasteiger partial charge in [-0.1, -0.05) is 6.07 Å². The average molecular weight is 396 g/mol. The fourth-order valence-corrected chi connectivity index (χ4v) is 5.59. The SMILES string of the molecule is Cc1ccc(Br)c(S(=O)(=O)N2CCC3CCC(C2)N3)c1.Cl. The van der Waals surface area contributed by atoms with Gasteiger partial charge in [-0.2, -0.15) is 4.31 Å². The third-order valence-electron chi connectivity index (χ3n) is 4.19. The standard InChI is InChI=1S/C14H19BrN2O2S.ClH/c1-10-2-5-13(15)14(8-10)20(18,19)17-7-6-11-3-4-12(9-17)16-11;/h2,5,8,11-12,16H,3-4,6-7,9H2,1H3;1H. The summed E-state index contributed by atoms with van der Waals surface area (Å²) in [7, 11) is -3.41. The van der Waals surface area contributed by atoms with Crippen LogP contribution in [-0.4, -0.2) is 37.9 Å². The van der Waals surface area contributed by atoms with E-state index in [1.165, 1.54) is 6.42 Å². The van der Waals surface area contributed by atoms with Crippen LogP contribution in [0.15, 0.2) is 27.6 Å². The van der Waals surface area contributed by atoms with E-state index in [4.69, 9.17) is 0 Å². The number of fused-ring (bicyclic) bond motifs is 2. The lowest BCUT2D eigenvalue weighted by atomic mass is 10.1. The zero-order valence-electron chi connectivity index (χ0n) is 11.9. The van der Waals surface area contributed by atoms with Crippen LogP contribution >= 0.6 is 28.3 Å². The molecule has 1 aromatic carbocycles. The molecule has 118 valence electrons. The van der Waals surface area contributed by atoms with Crippen LogP contribution in [0.1, 0.15) is 24.8 Å². The molecule has 21 heavy (non-hydrogen) atoms. The summed E-state index contributed by atoms with van der Waals surface area (Å²) >= 11 is 3.37. The largest absolute Gasteiger partial charge is 0.310 e. The lowest BCUT2D eigenvalue weighted by Gasteiger charge is -2.24.